The average molecular weight is 286 g/mol. The highest BCUT2D eigenvalue weighted by Gasteiger charge is 2.15. The van der Waals surface area contributed by atoms with Crippen molar-refractivity contribution >= 4 is 0 Å². The van der Waals surface area contributed by atoms with Crippen LogP contribution in [0.1, 0.15) is 27.7 Å². The first-order valence-corrected chi connectivity index (χ1v) is 7.25. The van der Waals surface area contributed by atoms with Crippen LogP contribution in [0.2, 0.25) is 0 Å². The summed E-state index contributed by atoms with van der Waals surface area (Å²) in [7, 11) is 0. The molecule has 0 aliphatic carbocycles. The maximum atomic E-state index is 5.99. The van der Waals surface area contributed by atoms with E-state index >= 15 is 0 Å². The standard InChI is InChI=1S/C18H22O3/c1-13(2)19-16-11-8-12-17(20-14(3)4)18(16)21-15-9-6-5-7-10-15/h5-14H,1-4H3. The molecule has 0 N–H and O–H groups in total. The minimum Gasteiger partial charge on any atom is -0.487 e. The molecule has 0 bridgehead atoms. The lowest BCUT2D eigenvalue weighted by Gasteiger charge is -2.19. The van der Waals surface area contributed by atoms with Gasteiger partial charge in [0, 0.05) is 0 Å². The van der Waals surface area contributed by atoms with Crippen molar-refractivity contribution in [3.05, 3.63) is 48.5 Å². The van der Waals surface area contributed by atoms with E-state index in [1.807, 2.05) is 76.2 Å². The molecule has 2 aromatic carbocycles. The summed E-state index contributed by atoms with van der Waals surface area (Å²) in [6, 6.07) is 15.3. The Morgan fingerprint density at radius 2 is 1.19 bits per heavy atom. The Bertz CT molecular complexity index is 534. The minimum absolute atomic E-state index is 0.0671. The van der Waals surface area contributed by atoms with Crippen LogP contribution >= 0.6 is 0 Å². The molecular weight excluding hydrogens is 264 g/mol. The number of para-hydroxylation sites is 2. The molecular formula is C18H22O3. The fraction of sp³-hybridized carbons (Fsp3) is 0.333. The van der Waals surface area contributed by atoms with Crippen LogP contribution in [0.15, 0.2) is 48.5 Å². The van der Waals surface area contributed by atoms with Gasteiger partial charge in [0.15, 0.2) is 11.5 Å². The lowest BCUT2D eigenvalue weighted by atomic mass is 10.2. The van der Waals surface area contributed by atoms with Crippen LogP contribution in [0.5, 0.6) is 23.0 Å². The Kier molecular flexibility index (Phi) is 5.09. The van der Waals surface area contributed by atoms with Crippen molar-refractivity contribution in [2.45, 2.75) is 39.9 Å². The average Bonchev–Trinajstić information content (AvgIpc) is 2.42. The van der Waals surface area contributed by atoms with Crippen molar-refractivity contribution in [1.29, 1.82) is 0 Å². The molecule has 2 aromatic rings. The largest absolute Gasteiger partial charge is 0.487 e. The van der Waals surface area contributed by atoms with Gasteiger partial charge < -0.3 is 14.2 Å². The van der Waals surface area contributed by atoms with Gasteiger partial charge in [-0.15, -0.1) is 0 Å². The molecule has 0 aromatic heterocycles. The summed E-state index contributed by atoms with van der Waals surface area (Å²) in [5, 5.41) is 0. The van der Waals surface area contributed by atoms with Gasteiger partial charge in [0.25, 0.3) is 0 Å². The lowest BCUT2D eigenvalue weighted by molar-refractivity contribution is 0.214. The highest BCUT2D eigenvalue weighted by atomic mass is 16.5. The van der Waals surface area contributed by atoms with Gasteiger partial charge in [0.2, 0.25) is 5.75 Å². The summed E-state index contributed by atoms with van der Waals surface area (Å²) in [4.78, 5) is 0. The van der Waals surface area contributed by atoms with Crippen LogP contribution in [-0.4, -0.2) is 12.2 Å². The van der Waals surface area contributed by atoms with Crippen molar-refractivity contribution in [2.75, 3.05) is 0 Å². The first-order chi connectivity index (χ1) is 10.1. The highest BCUT2D eigenvalue weighted by Crippen LogP contribution is 2.41. The molecule has 112 valence electrons. The van der Waals surface area contributed by atoms with E-state index in [1.165, 1.54) is 0 Å². The molecule has 21 heavy (non-hydrogen) atoms. The Labute approximate surface area is 126 Å². The molecule has 0 saturated heterocycles. The van der Waals surface area contributed by atoms with E-state index in [1.54, 1.807) is 0 Å². The van der Waals surface area contributed by atoms with Crippen LogP contribution in [0.4, 0.5) is 0 Å². The minimum atomic E-state index is 0.0671. The summed E-state index contributed by atoms with van der Waals surface area (Å²) in [6.07, 6.45) is 0.134. The second kappa shape index (κ2) is 7.02. The maximum absolute atomic E-state index is 5.99. The van der Waals surface area contributed by atoms with Gasteiger partial charge in [-0.05, 0) is 52.0 Å². The number of hydrogen-bond acceptors (Lipinski definition) is 3. The first kappa shape index (κ1) is 15.2. The van der Waals surface area contributed by atoms with Gasteiger partial charge in [0.05, 0.1) is 12.2 Å². The van der Waals surface area contributed by atoms with E-state index in [2.05, 4.69) is 0 Å². The van der Waals surface area contributed by atoms with E-state index < -0.39 is 0 Å². The lowest BCUT2D eigenvalue weighted by Crippen LogP contribution is -2.09. The van der Waals surface area contributed by atoms with Crippen LogP contribution < -0.4 is 14.2 Å². The summed E-state index contributed by atoms with van der Waals surface area (Å²) < 4.78 is 17.7. The molecule has 0 amide bonds. The smallest absolute Gasteiger partial charge is 0.211 e. The van der Waals surface area contributed by atoms with Gasteiger partial charge in [-0.25, -0.2) is 0 Å². The maximum Gasteiger partial charge on any atom is 0.211 e. The second-order valence-electron chi connectivity index (χ2n) is 5.33. The molecule has 3 nitrogen and oxygen atoms in total. The van der Waals surface area contributed by atoms with E-state index in [4.69, 9.17) is 14.2 Å². The molecule has 0 saturated carbocycles. The van der Waals surface area contributed by atoms with Gasteiger partial charge in [-0.3, -0.25) is 0 Å². The van der Waals surface area contributed by atoms with E-state index in [9.17, 15) is 0 Å². The molecule has 0 atom stereocenters. The molecule has 3 heteroatoms. The molecule has 0 aliphatic rings. The molecule has 0 fully saturated rings. The van der Waals surface area contributed by atoms with Crippen molar-refractivity contribution in [2.24, 2.45) is 0 Å². The fourth-order valence-electron chi connectivity index (χ4n) is 1.90. The normalized spacial score (nSPS) is 10.8. The predicted octanol–water partition coefficient (Wildman–Crippen LogP) is 5.05. The quantitative estimate of drug-likeness (QED) is 0.743. The predicted molar refractivity (Wildman–Crippen MR) is 84.5 cm³/mol. The fourth-order valence-corrected chi connectivity index (χ4v) is 1.90. The number of benzene rings is 2. The monoisotopic (exact) mass is 286 g/mol. The molecule has 0 aliphatic heterocycles. The third-order valence-electron chi connectivity index (χ3n) is 2.63. The zero-order valence-corrected chi connectivity index (χ0v) is 13.0. The topological polar surface area (TPSA) is 27.7 Å². The molecule has 2 rings (SSSR count). The summed E-state index contributed by atoms with van der Waals surface area (Å²) in [5.74, 6) is 2.75. The first-order valence-electron chi connectivity index (χ1n) is 7.25. The van der Waals surface area contributed by atoms with Gasteiger partial charge >= 0.3 is 0 Å². The molecule has 0 unspecified atom stereocenters. The van der Waals surface area contributed by atoms with E-state index in [0.717, 1.165) is 5.75 Å². The molecule has 0 radical (unpaired) electrons. The Morgan fingerprint density at radius 3 is 1.67 bits per heavy atom. The van der Waals surface area contributed by atoms with Crippen LogP contribution in [0.3, 0.4) is 0 Å². The van der Waals surface area contributed by atoms with Crippen molar-refractivity contribution in [3.8, 4) is 23.0 Å². The highest BCUT2D eigenvalue weighted by molar-refractivity contribution is 5.53. The van der Waals surface area contributed by atoms with Gasteiger partial charge in [-0.1, -0.05) is 24.3 Å². The number of ether oxygens (including phenoxy) is 3. The van der Waals surface area contributed by atoms with Crippen LogP contribution in [-0.2, 0) is 0 Å². The van der Waals surface area contributed by atoms with E-state index in [0.29, 0.717) is 17.2 Å². The molecule has 0 spiro atoms. The molecule has 0 heterocycles. The SMILES string of the molecule is CC(C)Oc1cccc(OC(C)C)c1Oc1ccccc1. The zero-order valence-electron chi connectivity index (χ0n) is 13.0. The summed E-state index contributed by atoms with van der Waals surface area (Å²) in [5.41, 5.74) is 0. The Hall–Kier alpha value is -2.16. The second-order valence-corrected chi connectivity index (χ2v) is 5.33. The van der Waals surface area contributed by atoms with Crippen molar-refractivity contribution < 1.29 is 14.2 Å². The zero-order chi connectivity index (χ0) is 15.2. The number of rotatable bonds is 6. The van der Waals surface area contributed by atoms with E-state index in [-0.39, 0.29) is 12.2 Å². The third-order valence-corrected chi connectivity index (χ3v) is 2.63. The van der Waals surface area contributed by atoms with Gasteiger partial charge in [-0.2, -0.15) is 0 Å². The van der Waals surface area contributed by atoms with Crippen molar-refractivity contribution in [1.82, 2.24) is 0 Å². The third kappa shape index (κ3) is 4.42. The summed E-state index contributed by atoms with van der Waals surface area (Å²) in [6.45, 7) is 7.95. The number of hydrogen-bond donors (Lipinski definition) is 0. The Balaban J connectivity index is 2.37. The summed E-state index contributed by atoms with van der Waals surface area (Å²) >= 11 is 0. The Morgan fingerprint density at radius 1 is 0.667 bits per heavy atom. The van der Waals surface area contributed by atoms with Crippen LogP contribution in [0.25, 0.3) is 0 Å². The van der Waals surface area contributed by atoms with Crippen LogP contribution in [0, 0.1) is 0 Å². The van der Waals surface area contributed by atoms with Gasteiger partial charge in [0.1, 0.15) is 5.75 Å². The van der Waals surface area contributed by atoms with Crippen molar-refractivity contribution in [3.63, 3.8) is 0 Å².